The van der Waals surface area contributed by atoms with Crippen LogP contribution < -0.4 is 15.4 Å². The van der Waals surface area contributed by atoms with Gasteiger partial charge in [0.15, 0.2) is 5.96 Å². The van der Waals surface area contributed by atoms with Crippen molar-refractivity contribution in [1.29, 1.82) is 0 Å². The number of hydrogen-bond acceptors (Lipinski definition) is 4. The van der Waals surface area contributed by atoms with Gasteiger partial charge in [0.1, 0.15) is 12.4 Å². The summed E-state index contributed by atoms with van der Waals surface area (Å²) in [5.74, 6) is 2.29. The molecule has 6 nitrogen and oxygen atoms in total. The van der Waals surface area contributed by atoms with Gasteiger partial charge < -0.3 is 15.4 Å². The van der Waals surface area contributed by atoms with Gasteiger partial charge in [0.2, 0.25) is 0 Å². The molecule has 1 aromatic heterocycles. The minimum atomic E-state index is -0.705. The number of ether oxygens (including phenoxy) is 1. The second kappa shape index (κ2) is 10.3. The number of guanidine groups is 1. The molecule has 0 bridgehead atoms. The summed E-state index contributed by atoms with van der Waals surface area (Å²) >= 11 is 0. The fourth-order valence-electron chi connectivity index (χ4n) is 2.91. The SMILES string of the molecule is CCS(=O)C1CCCC(NC(=NC)NCCOc2cccnc2)C1. The molecule has 1 aromatic rings. The molecule has 0 saturated heterocycles. The lowest BCUT2D eigenvalue weighted by atomic mass is 9.95. The van der Waals surface area contributed by atoms with Gasteiger partial charge in [-0.3, -0.25) is 14.2 Å². The van der Waals surface area contributed by atoms with Crippen LogP contribution in [0.2, 0.25) is 0 Å². The Morgan fingerprint density at radius 3 is 3.08 bits per heavy atom. The molecule has 1 aliphatic carbocycles. The molecule has 2 rings (SSSR count). The molecule has 7 heteroatoms. The van der Waals surface area contributed by atoms with Crippen molar-refractivity contribution < 1.29 is 8.95 Å². The average Bonchev–Trinajstić information content (AvgIpc) is 2.64. The van der Waals surface area contributed by atoms with E-state index < -0.39 is 10.8 Å². The standard InChI is InChI=1S/C17H28N4O2S/c1-3-24(22)16-8-4-6-14(12-16)21-17(18-2)20-10-11-23-15-7-5-9-19-13-15/h5,7,9,13-14,16H,3-4,6,8,10-12H2,1-2H3,(H2,18,20,21). The van der Waals surface area contributed by atoms with Crippen molar-refractivity contribution in [1.82, 2.24) is 15.6 Å². The first-order valence-corrected chi connectivity index (χ1v) is 9.98. The van der Waals surface area contributed by atoms with E-state index in [1.165, 1.54) is 0 Å². The van der Waals surface area contributed by atoms with Crippen LogP contribution in [-0.4, -0.2) is 52.4 Å². The van der Waals surface area contributed by atoms with E-state index in [4.69, 9.17) is 4.74 Å². The fourth-order valence-corrected chi connectivity index (χ4v) is 4.26. The van der Waals surface area contributed by atoms with Crippen LogP contribution in [0.15, 0.2) is 29.5 Å². The van der Waals surface area contributed by atoms with Crippen LogP contribution in [0.3, 0.4) is 0 Å². The summed E-state index contributed by atoms with van der Waals surface area (Å²) in [6.45, 7) is 3.20. The van der Waals surface area contributed by atoms with Crippen molar-refractivity contribution in [2.45, 2.75) is 43.9 Å². The van der Waals surface area contributed by atoms with Crippen molar-refractivity contribution in [2.24, 2.45) is 4.99 Å². The second-order valence-corrected chi connectivity index (χ2v) is 7.84. The van der Waals surface area contributed by atoms with Gasteiger partial charge in [-0.1, -0.05) is 13.3 Å². The largest absolute Gasteiger partial charge is 0.490 e. The first-order valence-electron chi connectivity index (χ1n) is 8.60. The highest BCUT2D eigenvalue weighted by Crippen LogP contribution is 2.22. The molecule has 0 aromatic carbocycles. The van der Waals surface area contributed by atoms with Gasteiger partial charge in [-0.25, -0.2) is 0 Å². The van der Waals surface area contributed by atoms with Gasteiger partial charge >= 0.3 is 0 Å². The van der Waals surface area contributed by atoms with Crippen LogP contribution in [0.1, 0.15) is 32.6 Å². The topological polar surface area (TPSA) is 75.6 Å². The van der Waals surface area contributed by atoms with Crippen LogP contribution >= 0.6 is 0 Å². The van der Waals surface area contributed by atoms with Gasteiger partial charge in [0.05, 0.1) is 12.7 Å². The smallest absolute Gasteiger partial charge is 0.191 e. The van der Waals surface area contributed by atoms with Crippen molar-refractivity contribution in [3.8, 4) is 5.75 Å². The quantitative estimate of drug-likeness (QED) is 0.444. The van der Waals surface area contributed by atoms with E-state index in [0.717, 1.165) is 43.1 Å². The van der Waals surface area contributed by atoms with Crippen molar-refractivity contribution in [3.63, 3.8) is 0 Å². The molecule has 0 radical (unpaired) electrons. The molecule has 1 fully saturated rings. The highest BCUT2D eigenvalue weighted by atomic mass is 32.2. The normalized spacial score (nSPS) is 22.7. The van der Waals surface area contributed by atoms with E-state index in [1.54, 1.807) is 19.4 Å². The number of nitrogens with one attached hydrogen (secondary N) is 2. The zero-order valence-electron chi connectivity index (χ0n) is 14.5. The summed E-state index contributed by atoms with van der Waals surface area (Å²) in [5.41, 5.74) is 0. The van der Waals surface area contributed by atoms with E-state index in [9.17, 15) is 4.21 Å². The summed E-state index contributed by atoms with van der Waals surface area (Å²) in [5, 5.41) is 7.03. The van der Waals surface area contributed by atoms with E-state index in [2.05, 4.69) is 20.6 Å². The van der Waals surface area contributed by atoms with Gasteiger partial charge in [0.25, 0.3) is 0 Å². The third-order valence-corrected chi connectivity index (χ3v) is 5.89. The van der Waals surface area contributed by atoms with Gasteiger partial charge in [-0.2, -0.15) is 0 Å². The molecule has 0 spiro atoms. The lowest BCUT2D eigenvalue weighted by molar-refractivity contribution is 0.320. The van der Waals surface area contributed by atoms with Crippen LogP contribution in [0, 0.1) is 0 Å². The third kappa shape index (κ3) is 6.11. The maximum absolute atomic E-state index is 12.0. The number of pyridine rings is 1. The lowest BCUT2D eigenvalue weighted by Crippen LogP contribution is -2.47. The van der Waals surface area contributed by atoms with Crippen LogP contribution in [0.4, 0.5) is 0 Å². The molecule has 3 atom stereocenters. The Morgan fingerprint density at radius 2 is 2.38 bits per heavy atom. The Bertz CT molecular complexity index is 539. The summed E-state index contributed by atoms with van der Waals surface area (Å²) in [6, 6.07) is 4.07. The highest BCUT2D eigenvalue weighted by molar-refractivity contribution is 7.85. The molecule has 134 valence electrons. The van der Waals surface area contributed by atoms with Gasteiger partial charge in [-0.05, 0) is 31.4 Å². The van der Waals surface area contributed by atoms with E-state index in [1.807, 2.05) is 19.1 Å². The number of rotatable bonds is 7. The molecule has 0 amide bonds. The first kappa shape index (κ1) is 18.7. The highest BCUT2D eigenvalue weighted by Gasteiger charge is 2.25. The molecule has 2 N–H and O–H groups in total. The minimum absolute atomic E-state index is 0.313. The zero-order chi connectivity index (χ0) is 17.2. The Kier molecular flexibility index (Phi) is 8.01. The monoisotopic (exact) mass is 352 g/mol. The van der Waals surface area contributed by atoms with E-state index >= 15 is 0 Å². The number of hydrogen-bond donors (Lipinski definition) is 2. The lowest BCUT2D eigenvalue weighted by Gasteiger charge is -2.30. The maximum atomic E-state index is 12.0. The van der Waals surface area contributed by atoms with Crippen molar-refractivity contribution in [3.05, 3.63) is 24.5 Å². The van der Waals surface area contributed by atoms with Crippen molar-refractivity contribution >= 4 is 16.8 Å². The Hall–Kier alpha value is -1.63. The Labute approximate surface area is 147 Å². The number of aliphatic imine (C=N–C) groups is 1. The molecule has 1 aliphatic rings. The third-order valence-electron chi connectivity index (χ3n) is 4.14. The van der Waals surface area contributed by atoms with Crippen LogP contribution in [-0.2, 0) is 10.8 Å². The molecule has 24 heavy (non-hydrogen) atoms. The summed E-state index contributed by atoms with van der Waals surface area (Å²) in [6.07, 6.45) is 7.67. The van der Waals surface area contributed by atoms with E-state index in [-0.39, 0.29) is 0 Å². The van der Waals surface area contributed by atoms with Crippen molar-refractivity contribution in [2.75, 3.05) is 26.0 Å². The average molecular weight is 353 g/mol. The maximum Gasteiger partial charge on any atom is 0.191 e. The summed E-state index contributed by atoms with van der Waals surface area (Å²) in [7, 11) is 1.06. The number of aromatic nitrogens is 1. The van der Waals surface area contributed by atoms with Gasteiger partial charge in [-0.15, -0.1) is 0 Å². The molecule has 3 unspecified atom stereocenters. The molecular weight excluding hydrogens is 324 g/mol. The fraction of sp³-hybridized carbons (Fsp3) is 0.647. The Balaban J connectivity index is 1.71. The predicted molar refractivity (Wildman–Crippen MR) is 99.0 cm³/mol. The predicted octanol–water partition coefficient (Wildman–Crippen LogP) is 1.71. The van der Waals surface area contributed by atoms with Crippen LogP contribution in [0.25, 0.3) is 0 Å². The van der Waals surface area contributed by atoms with Gasteiger partial charge in [0, 0.05) is 41.1 Å². The van der Waals surface area contributed by atoms with E-state index in [0.29, 0.717) is 24.4 Å². The second-order valence-electron chi connectivity index (χ2n) is 5.84. The zero-order valence-corrected chi connectivity index (χ0v) is 15.3. The Morgan fingerprint density at radius 1 is 1.50 bits per heavy atom. The summed E-state index contributed by atoms with van der Waals surface area (Å²) < 4.78 is 17.6. The summed E-state index contributed by atoms with van der Waals surface area (Å²) in [4.78, 5) is 8.28. The molecule has 1 saturated carbocycles. The minimum Gasteiger partial charge on any atom is -0.490 e. The first-order chi connectivity index (χ1) is 11.7. The molecule has 0 aliphatic heterocycles. The number of nitrogens with zero attached hydrogens (tertiary/aromatic N) is 2. The molecular formula is C17H28N4O2S. The molecule has 1 heterocycles. The van der Waals surface area contributed by atoms with Crippen LogP contribution in [0.5, 0.6) is 5.75 Å².